The van der Waals surface area contributed by atoms with Crippen molar-refractivity contribution in [3.63, 3.8) is 0 Å². The minimum atomic E-state index is -0.301. The molecule has 1 aromatic heterocycles. The third-order valence-electron chi connectivity index (χ3n) is 4.44. The van der Waals surface area contributed by atoms with E-state index >= 15 is 0 Å². The van der Waals surface area contributed by atoms with E-state index in [-0.39, 0.29) is 12.0 Å². The van der Waals surface area contributed by atoms with E-state index in [1.165, 1.54) is 0 Å². The van der Waals surface area contributed by atoms with Crippen molar-refractivity contribution in [1.29, 1.82) is 0 Å². The SMILES string of the molecule is CCOC(=O)N1CCN(c2nccc(C(=O)Nc3cc(C)cc(C)c3)n2)CC1. The molecule has 0 saturated carbocycles. The Morgan fingerprint density at radius 3 is 2.43 bits per heavy atom. The van der Waals surface area contributed by atoms with E-state index in [1.54, 1.807) is 24.1 Å². The van der Waals surface area contributed by atoms with Crippen LogP contribution in [0.2, 0.25) is 0 Å². The minimum Gasteiger partial charge on any atom is -0.450 e. The number of benzene rings is 1. The summed E-state index contributed by atoms with van der Waals surface area (Å²) in [6, 6.07) is 7.48. The smallest absolute Gasteiger partial charge is 0.409 e. The fourth-order valence-electron chi connectivity index (χ4n) is 3.17. The van der Waals surface area contributed by atoms with Crippen LogP contribution in [0.15, 0.2) is 30.5 Å². The van der Waals surface area contributed by atoms with E-state index in [9.17, 15) is 9.59 Å². The van der Waals surface area contributed by atoms with Gasteiger partial charge in [0.25, 0.3) is 5.91 Å². The zero-order valence-corrected chi connectivity index (χ0v) is 16.4. The first-order chi connectivity index (χ1) is 13.5. The molecule has 1 N–H and O–H groups in total. The molecule has 2 aromatic rings. The molecule has 0 radical (unpaired) electrons. The first-order valence-electron chi connectivity index (χ1n) is 9.35. The van der Waals surface area contributed by atoms with Crippen LogP contribution >= 0.6 is 0 Å². The van der Waals surface area contributed by atoms with E-state index in [0.717, 1.165) is 16.8 Å². The molecule has 28 heavy (non-hydrogen) atoms. The van der Waals surface area contributed by atoms with Crippen molar-refractivity contribution >= 4 is 23.6 Å². The molecule has 0 spiro atoms. The highest BCUT2D eigenvalue weighted by Crippen LogP contribution is 2.16. The average Bonchev–Trinajstić information content (AvgIpc) is 2.67. The van der Waals surface area contributed by atoms with Crippen LogP contribution in [0.4, 0.5) is 16.4 Å². The molecule has 0 atom stereocenters. The highest BCUT2D eigenvalue weighted by Gasteiger charge is 2.24. The van der Waals surface area contributed by atoms with Gasteiger partial charge in [-0.2, -0.15) is 0 Å². The minimum absolute atomic E-state index is 0.279. The molecule has 0 unspecified atom stereocenters. The van der Waals surface area contributed by atoms with Crippen molar-refractivity contribution in [3.05, 3.63) is 47.3 Å². The highest BCUT2D eigenvalue weighted by atomic mass is 16.6. The first-order valence-corrected chi connectivity index (χ1v) is 9.35. The van der Waals surface area contributed by atoms with Gasteiger partial charge in [-0.1, -0.05) is 6.07 Å². The van der Waals surface area contributed by atoms with Gasteiger partial charge in [0, 0.05) is 38.1 Å². The van der Waals surface area contributed by atoms with Crippen LogP contribution in [-0.4, -0.2) is 59.7 Å². The molecule has 3 rings (SSSR count). The third-order valence-corrected chi connectivity index (χ3v) is 4.44. The van der Waals surface area contributed by atoms with Gasteiger partial charge in [-0.15, -0.1) is 0 Å². The maximum absolute atomic E-state index is 12.6. The summed E-state index contributed by atoms with van der Waals surface area (Å²) in [6.07, 6.45) is 1.28. The predicted molar refractivity (Wildman–Crippen MR) is 107 cm³/mol. The summed E-state index contributed by atoms with van der Waals surface area (Å²) in [4.78, 5) is 36.7. The average molecular weight is 383 g/mol. The Bertz CT molecular complexity index is 842. The third kappa shape index (κ3) is 4.76. The van der Waals surface area contributed by atoms with Crippen LogP contribution in [0.25, 0.3) is 0 Å². The summed E-state index contributed by atoms with van der Waals surface area (Å²) in [5.41, 5.74) is 3.21. The predicted octanol–water partition coefficient (Wildman–Crippen LogP) is 2.62. The Morgan fingerprint density at radius 2 is 1.79 bits per heavy atom. The fraction of sp³-hybridized carbons (Fsp3) is 0.400. The fourth-order valence-corrected chi connectivity index (χ4v) is 3.17. The van der Waals surface area contributed by atoms with Crippen molar-refractivity contribution in [2.75, 3.05) is 43.0 Å². The number of nitrogens with zero attached hydrogens (tertiary/aromatic N) is 4. The van der Waals surface area contributed by atoms with Crippen molar-refractivity contribution in [2.24, 2.45) is 0 Å². The van der Waals surface area contributed by atoms with Gasteiger partial charge >= 0.3 is 6.09 Å². The van der Waals surface area contributed by atoms with Crippen LogP contribution in [0, 0.1) is 13.8 Å². The number of rotatable bonds is 4. The number of ether oxygens (including phenoxy) is 1. The van der Waals surface area contributed by atoms with E-state index in [1.807, 2.05) is 36.9 Å². The second-order valence-electron chi connectivity index (χ2n) is 6.75. The maximum atomic E-state index is 12.6. The Balaban J connectivity index is 1.65. The maximum Gasteiger partial charge on any atom is 0.409 e. The molecular weight excluding hydrogens is 358 g/mol. The van der Waals surface area contributed by atoms with Gasteiger partial charge in [0.1, 0.15) is 5.69 Å². The van der Waals surface area contributed by atoms with Crippen LogP contribution in [0.1, 0.15) is 28.5 Å². The number of piperazine rings is 1. The van der Waals surface area contributed by atoms with Crippen molar-refractivity contribution in [3.8, 4) is 0 Å². The Labute approximate surface area is 164 Å². The number of hydrogen-bond acceptors (Lipinski definition) is 6. The summed E-state index contributed by atoms with van der Waals surface area (Å²) in [5.74, 6) is 0.204. The summed E-state index contributed by atoms with van der Waals surface area (Å²) in [6.45, 7) is 8.35. The molecule has 2 amide bonds. The van der Waals surface area contributed by atoms with Crippen LogP contribution < -0.4 is 10.2 Å². The van der Waals surface area contributed by atoms with Gasteiger partial charge in [0.05, 0.1) is 6.61 Å². The molecule has 1 fully saturated rings. The molecule has 0 aliphatic carbocycles. The molecular formula is C20H25N5O3. The number of aryl methyl sites for hydroxylation is 2. The lowest BCUT2D eigenvalue weighted by molar-refractivity contribution is 0.102. The number of carbonyl (C=O) groups is 2. The van der Waals surface area contributed by atoms with Gasteiger partial charge < -0.3 is 19.9 Å². The van der Waals surface area contributed by atoms with E-state index in [0.29, 0.717) is 44.4 Å². The lowest BCUT2D eigenvalue weighted by Crippen LogP contribution is -2.49. The first kappa shape index (κ1) is 19.6. The van der Waals surface area contributed by atoms with Crippen molar-refractivity contribution < 1.29 is 14.3 Å². The van der Waals surface area contributed by atoms with E-state index in [4.69, 9.17) is 4.74 Å². The molecule has 8 nitrogen and oxygen atoms in total. The lowest BCUT2D eigenvalue weighted by atomic mass is 10.1. The Hall–Kier alpha value is -3.16. The molecule has 2 heterocycles. The molecule has 1 aliphatic heterocycles. The number of hydrogen-bond donors (Lipinski definition) is 1. The topological polar surface area (TPSA) is 87.7 Å². The normalized spacial score (nSPS) is 14.0. The lowest BCUT2D eigenvalue weighted by Gasteiger charge is -2.34. The Kier molecular flexibility index (Phi) is 6.08. The number of amides is 2. The molecule has 1 aromatic carbocycles. The summed E-state index contributed by atoms with van der Waals surface area (Å²) >= 11 is 0. The van der Waals surface area contributed by atoms with Gasteiger partial charge in [0.2, 0.25) is 5.95 Å². The van der Waals surface area contributed by atoms with E-state index in [2.05, 4.69) is 15.3 Å². The number of carbonyl (C=O) groups excluding carboxylic acids is 2. The summed E-state index contributed by atoms with van der Waals surface area (Å²) < 4.78 is 5.03. The largest absolute Gasteiger partial charge is 0.450 e. The monoisotopic (exact) mass is 383 g/mol. The van der Waals surface area contributed by atoms with Gasteiger partial charge in [-0.05, 0) is 50.1 Å². The van der Waals surface area contributed by atoms with E-state index < -0.39 is 0 Å². The summed E-state index contributed by atoms with van der Waals surface area (Å²) in [5, 5.41) is 2.89. The number of anilines is 2. The molecule has 148 valence electrons. The molecule has 8 heteroatoms. The van der Waals surface area contributed by atoms with Crippen LogP contribution in [-0.2, 0) is 4.74 Å². The number of aromatic nitrogens is 2. The Morgan fingerprint density at radius 1 is 1.11 bits per heavy atom. The second-order valence-corrected chi connectivity index (χ2v) is 6.75. The zero-order valence-electron chi connectivity index (χ0n) is 16.4. The zero-order chi connectivity index (χ0) is 20.1. The van der Waals surface area contributed by atoms with Gasteiger partial charge in [-0.25, -0.2) is 14.8 Å². The molecule has 0 bridgehead atoms. The molecule has 1 aliphatic rings. The van der Waals surface area contributed by atoms with Gasteiger partial charge in [-0.3, -0.25) is 4.79 Å². The quantitative estimate of drug-likeness (QED) is 0.873. The van der Waals surface area contributed by atoms with Crippen LogP contribution in [0.5, 0.6) is 0 Å². The summed E-state index contributed by atoms with van der Waals surface area (Å²) in [7, 11) is 0. The standard InChI is InChI=1S/C20H25N5O3/c1-4-28-20(27)25-9-7-24(8-10-25)19-21-6-5-17(23-19)18(26)22-16-12-14(2)11-15(3)13-16/h5-6,11-13H,4,7-10H2,1-3H3,(H,22,26). The number of nitrogens with one attached hydrogen (secondary N) is 1. The van der Waals surface area contributed by atoms with Crippen molar-refractivity contribution in [2.45, 2.75) is 20.8 Å². The van der Waals surface area contributed by atoms with Crippen molar-refractivity contribution in [1.82, 2.24) is 14.9 Å². The second kappa shape index (κ2) is 8.69. The van der Waals surface area contributed by atoms with Crippen LogP contribution in [0.3, 0.4) is 0 Å². The highest BCUT2D eigenvalue weighted by molar-refractivity contribution is 6.03. The molecule has 1 saturated heterocycles. The van der Waals surface area contributed by atoms with Gasteiger partial charge in [0.15, 0.2) is 0 Å².